The number of sulfonamides is 1. The largest absolute Gasteiger partial charge is 0.478 e. The van der Waals surface area contributed by atoms with Crippen molar-refractivity contribution >= 4 is 33.4 Å². The first-order chi connectivity index (χ1) is 8.16. The molecule has 0 fully saturated rings. The first-order valence-corrected chi connectivity index (χ1v) is 6.93. The highest BCUT2D eigenvalue weighted by molar-refractivity contribution is 7.93. The Bertz CT molecular complexity index is 571. The van der Waals surface area contributed by atoms with Crippen LogP contribution in [0.3, 0.4) is 0 Å². The molecule has 0 atom stereocenters. The summed E-state index contributed by atoms with van der Waals surface area (Å²) in [5.41, 5.74) is -0.115. The van der Waals surface area contributed by atoms with Crippen molar-refractivity contribution in [2.75, 3.05) is 11.4 Å². The van der Waals surface area contributed by atoms with E-state index < -0.39 is 21.2 Å². The lowest BCUT2D eigenvalue weighted by atomic mass is 10.2. The average molecular weight is 293 g/mol. The molecule has 0 saturated heterocycles. The molecular weight excluding hydrogens is 280 g/mol. The number of carboxylic acid groups (broad SMARTS) is 1. The second-order valence-electron chi connectivity index (χ2n) is 3.90. The zero-order chi connectivity index (χ0) is 14.1. The highest BCUT2D eigenvalue weighted by atomic mass is 35.5. The van der Waals surface area contributed by atoms with E-state index in [0.29, 0.717) is 0 Å². The van der Waals surface area contributed by atoms with E-state index in [1.807, 2.05) is 0 Å². The summed E-state index contributed by atoms with van der Waals surface area (Å²) < 4.78 is 24.8. The summed E-state index contributed by atoms with van der Waals surface area (Å²) in [7, 11) is -2.26. The van der Waals surface area contributed by atoms with Crippen LogP contribution in [0.1, 0.15) is 24.2 Å². The molecule has 1 heterocycles. The third-order valence-corrected chi connectivity index (χ3v) is 4.66. The Morgan fingerprint density at radius 1 is 1.44 bits per heavy atom. The molecule has 0 spiro atoms. The summed E-state index contributed by atoms with van der Waals surface area (Å²) in [5.74, 6) is -1.22. The molecule has 0 saturated carbocycles. The average Bonchev–Trinajstić information content (AvgIpc) is 2.26. The summed E-state index contributed by atoms with van der Waals surface area (Å²) in [5, 5.41) is 8.16. The van der Waals surface area contributed by atoms with Gasteiger partial charge in [0.2, 0.25) is 10.0 Å². The summed E-state index contributed by atoms with van der Waals surface area (Å²) in [6.45, 7) is 3.04. The van der Waals surface area contributed by atoms with Gasteiger partial charge < -0.3 is 5.11 Å². The van der Waals surface area contributed by atoms with Gasteiger partial charge in [-0.05, 0) is 26.0 Å². The van der Waals surface area contributed by atoms with E-state index in [-0.39, 0.29) is 16.5 Å². The summed E-state index contributed by atoms with van der Waals surface area (Å²) in [6, 6.07) is 2.32. The van der Waals surface area contributed by atoms with E-state index in [1.54, 1.807) is 0 Å². The van der Waals surface area contributed by atoms with Crippen molar-refractivity contribution in [1.82, 2.24) is 4.98 Å². The molecule has 0 bridgehead atoms. The van der Waals surface area contributed by atoms with Crippen LogP contribution in [0.25, 0.3) is 0 Å². The Labute approximate surface area is 110 Å². The van der Waals surface area contributed by atoms with Crippen molar-refractivity contribution in [2.24, 2.45) is 0 Å². The van der Waals surface area contributed by atoms with Crippen LogP contribution >= 0.6 is 11.6 Å². The highest BCUT2D eigenvalue weighted by Crippen LogP contribution is 2.21. The fraction of sp³-hybridized carbons (Fsp3) is 0.400. The number of nitrogens with zero attached hydrogens (tertiary/aromatic N) is 2. The minimum absolute atomic E-state index is 0.0198. The maximum Gasteiger partial charge on any atom is 0.335 e. The molecule has 0 radical (unpaired) electrons. The molecule has 1 aromatic heterocycles. The van der Waals surface area contributed by atoms with Gasteiger partial charge in [-0.2, -0.15) is 0 Å². The molecule has 0 aliphatic carbocycles. The van der Waals surface area contributed by atoms with Crippen LogP contribution in [0.4, 0.5) is 5.82 Å². The third-order valence-electron chi connectivity index (χ3n) is 2.33. The fourth-order valence-electron chi connectivity index (χ4n) is 1.21. The van der Waals surface area contributed by atoms with Gasteiger partial charge in [-0.3, -0.25) is 4.31 Å². The van der Waals surface area contributed by atoms with Crippen molar-refractivity contribution in [1.29, 1.82) is 0 Å². The molecule has 0 aromatic carbocycles. The van der Waals surface area contributed by atoms with E-state index in [1.165, 1.54) is 20.9 Å². The Balaban J connectivity index is 3.30. The summed E-state index contributed by atoms with van der Waals surface area (Å²) in [6.07, 6.45) is 0. The van der Waals surface area contributed by atoms with Crippen LogP contribution in [0.2, 0.25) is 5.15 Å². The normalized spacial score (nSPS) is 11.6. The maximum absolute atomic E-state index is 11.9. The predicted octanol–water partition coefficient (Wildman–Crippen LogP) is 1.61. The number of pyridine rings is 1. The second-order valence-corrected chi connectivity index (χ2v) is 6.81. The van der Waals surface area contributed by atoms with Crippen LogP contribution in [0.5, 0.6) is 0 Å². The summed E-state index contributed by atoms with van der Waals surface area (Å²) in [4.78, 5) is 14.7. The van der Waals surface area contributed by atoms with Crippen LogP contribution in [-0.4, -0.2) is 36.8 Å². The number of aromatic carboxylic acids is 1. The topological polar surface area (TPSA) is 87.6 Å². The Morgan fingerprint density at radius 3 is 2.44 bits per heavy atom. The van der Waals surface area contributed by atoms with Crippen molar-refractivity contribution < 1.29 is 18.3 Å². The van der Waals surface area contributed by atoms with Crippen LogP contribution in [0.15, 0.2) is 12.1 Å². The first kappa shape index (κ1) is 14.7. The lowest BCUT2D eigenvalue weighted by Gasteiger charge is -2.21. The van der Waals surface area contributed by atoms with E-state index in [0.717, 1.165) is 16.4 Å². The molecular formula is C10H13ClN2O4S. The van der Waals surface area contributed by atoms with E-state index in [4.69, 9.17) is 16.7 Å². The van der Waals surface area contributed by atoms with Gasteiger partial charge in [0.15, 0.2) is 0 Å². The van der Waals surface area contributed by atoms with Crippen molar-refractivity contribution in [2.45, 2.75) is 19.1 Å². The number of carbonyl (C=O) groups is 1. The van der Waals surface area contributed by atoms with E-state index in [9.17, 15) is 13.2 Å². The molecule has 1 N–H and O–H groups in total. The number of hydrogen-bond acceptors (Lipinski definition) is 4. The smallest absolute Gasteiger partial charge is 0.335 e. The lowest BCUT2D eigenvalue weighted by molar-refractivity contribution is 0.0696. The van der Waals surface area contributed by atoms with Crippen LogP contribution in [0, 0.1) is 0 Å². The second kappa shape index (κ2) is 5.11. The monoisotopic (exact) mass is 292 g/mol. The number of halogens is 1. The zero-order valence-electron chi connectivity index (χ0n) is 10.1. The minimum Gasteiger partial charge on any atom is -0.478 e. The zero-order valence-corrected chi connectivity index (χ0v) is 11.7. The van der Waals surface area contributed by atoms with Crippen molar-refractivity contribution in [3.8, 4) is 0 Å². The Morgan fingerprint density at radius 2 is 2.00 bits per heavy atom. The molecule has 8 heteroatoms. The fourth-order valence-corrected chi connectivity index (χ4v) is 2.41. The minimum atomic E-state index is -3.57. The number of carboxylic acids is 1. The van der Waals surface area contributed by atoms with Crippen LogP contribution in [-0.2, 0) is 10.0 Å². The molecule has 0 aliphatic heterocycles. The molecule has 6 nitrogen and oxygen atoms in total. The first-order valence-electron chi connectivity index (χ1n) is 5.05. The number of anilines is 1. The van der Waals surface area contributed by atoms with E-state index >= 15 is 0 Å². The maximum atomic E-state index is 11.9. The van der Waals surface area contributed by atoms with Gasteiger partial charge in [0.05, 0.1) is 10.8 Å². The predicted molar refractivity (Wildman–Crippen MR) is 68.7 cm³/mol. The van der Waals surface area contributed by atoms with Gasteiger partial charge in [-0.25, -0.2) is 18.2 Å². The third kappa shape index (κ3) is 2.91. The standard InChI is InChI=1S/C10H13ClN2O4S/c1-6(2)18(16,17)13(3)9-5-7(10(14)15)4-8(11)12-9/h4-6H,1-3H3,(H,14,15). The van der Waals surface area contributed by atoms with Gasteiger partial charge in [0, 0.05) is 7.05 Å². The van der Waals surface area contributed by atoms with Gasteiger partial charge >= 0.3 is 5.97 Å². The number of hydrogen-bond donors (Lipinski definition) is 1. The molecule has 100 valence electrons. The molecule has 0 amide bonds. The van der Waals surface area contributed by atoms with E-state index in [2.05, 4.69) is 4.98 Å². The molecule has 0 unspecified atom stereocenters. The molecule has 0 aliphatic rings. The highest BCUT2D eigenvalue weighted by Gasteiger charge is 2.24. The summed E-state index contributed by atoms with van der Waals surface area (Å²) >= 11 is 5.67. The van der Waals surface area contributed by atoms with Crippen molar-refractivity contribution in [3.05, 3.63) is 22.8 Å². The molecule has 18 heavy (non-hydrogen) atoms. The van der Waals surface area contributed by atoms with Gasteiger partial charge in [0.25, 0.3) is 0 Å². The SMILES string of the molecule is CC(C)S(=O)(=O)N(C)c1cc(C(=O)O)cc(Cl)n1. The quantitative estimate of drug-likeness (QED) is 0.852. The lowest BCUT2D eigenvalue weighted by Crippen LogP contribution is -2.33. The Kier molecular flexibility index (Phi) is 4.18. The Hall–Kier alpha value is -1.34. The van der Waals surface area contributed by atoms with Gasteiger partial charge in [0.1, 0.15) is 11.0 Å². The van der Waals surface area contributed by atoms with Gasteiger partial charge in [-0.15, -0.1) is 0 Å². The number of aromatic nitrogens is 1. The number of rotatable bonds is 4. The van der Waals surface area contributed by atoms with Gasteiger partial charge in [-0.1, -0.05) is 11.6 Å². The molecule has 1 rings (SSSR count). The van der Waals surface area contributed by atoms with Crippen molar-refractivity contribution in [3.63, 3.8) is 0 Å². The van der Waals surface area contributed by atoms with Crippen LogP contribution < -0.4 is 4.31 Å². The molecule has 1 aromatic rings.